The SMILES string of the molecule is CC(C)(CN1CCn2cnnc2C1)C(=O)NN. The number of amides is 1. The molecule has 1 aromatic rings. The predicted molar refractivity (Wildman–Crippen MR) is 61.4 cm³/mol. The van der Waals surface area contributed by atoms with E-state index in [9.17, 15) is 4.79 Å². The monoisotopic (exact) mass is 238 g/mol. The van der Waals surface area contributed by atoms with Crippen molar-refractivity contribution in [3.63, 3.8) is 0 Å². The molecule has 0 unspecified atom stereocenters. The second-order valence-electron chi connectivity index (χ2n) is 5.01. The van der Waals surface area contributed by atoms with Gasteiger partial charge >= 0.3 is 0 Å². The molecule has 17 heavy (non-hydrogen) atoms. The number of hydrazine groups is 1. The van der Waals surface area contributed by atoms with E-state index in [0.717, 1.165) is 25.5 Å². The molecule has 2 heterocycles. The second kappa shape index (κ2) is 4.42. The van der Waals surface area contributed by atoms with Crippen molar-refractivity contribution in [2.45, 2.75) is 26.9 Å². The van der Waals surface area contributed by atoms with E-state index < -0.39 is 5.41 Å². The highest BCUT2D eigenvalue weighted by atomic mass is 16.2. The van der Waals surface area contributed by atoms with Crippen molar-refractivity contribution in [3.05, 3.63) is 12.2 Å². The van der Waals surface area contributed by atoms with E-state index in [1.807, 2.05) is 18.4 Å². The lowest BCUT2D eigenvalue weighted by Gasteiger charge is -2.33. The van der Waals surface area contributed by atoms with Crippen LogP contribution < -0.4 is 11.3 Å². The minimum atomic E-state index is -0.503. The third-order valence-corrected chi connectivity index (χ3v) is 3.08. The average molecular weight is 238 g/mol. The summed E-state index contributed by atoms with van der Waals surface area (Å²) in [6.07, 6.45) is 1.74. The standard InChI is InChI=1S/C10H18N6O/c1-10(2,9(17)13-11)6-15-3-4-16-7-12-14-8(16)5-15/h7H,3-6,11H2,1-2H3,(H,13,17). The minimum Gasteiger partial charge on any atom is -0.315 e. The Balaban J connectivity index is 2.00. The van der Waals surface area contributed by atoms with Gasteiger partial charge in [-0.05, 0) is 13.8 Å². The Morgan fingerprint density at radius 2 is 2.35 bits per heavy atom. The number of aromatic nitrogens is 3. The van der Waals surface area contributed by atoms with Crippen molar-refractivity contribution >= 4 is 5.91 Å². The molecule has 0 aliphatic carbocycles. The van der Waals surface area contributed by atoms with E-state index in [1.165, 1.54) is 0 Å². The molecular weight excluding hydrogens is 220 g/mol. The first kappa shape index (κ1) is 12.0. The third kappa shape index (κ3) is 2.45. The lowest BCUT2D eigenvalue weighted by molar-refractivity contribution is -0.130. The molecule has 1 aliphatic heterocycles. The highest BCUT2D eigenvalue weighted by Gasteiger charge is 2.31. The zero-order valence-corrected chi connectivity index (χ0v) is 10.2. The summed E-state index contributed by atoms with van der Waals surface area (Å²) < 4.78 is 2.03. The van der Waals surface area contributed by atoms with Crippen molar-refractivity contribution in [1.82, 2.24) is 25.1 Å². The summed E-state index contributed by atoms with van der Waals surface area (Å²) in [6.45, 7) is 6.90. The van der Waals surface area contributed by atoms with Crippen molar-refractivity contribution in [2.24, 2.45) is 11.3 Å². The Labute approximate surface area is 100.0 Å². The number of nitrogens with zero attached hydrogens (tertiary/aromatic N) is 4. The molecule has 0 bridgehead atoms. The summed E-state index contributed by atoms with van der Waals surface area (Å²) in [7, 11) is 0. The summed E-state index contributed by atoms with van der Waals surface area (Å²) in [5.41, 5.74) is 1.71. The van der Waals surface area contributed by atoms with E-state index in [4.69, 9.17) is 5.84 Å². The van der Waals surface area contributed by atoms with Crippen LogP contribution in [0.4, 0.5) is 0 Å². The first-order valence-corrected chi connectivity index (χ1v) is 5.63. The fourth-order valence-electron chi connectivity index (χ4n) is 2.08. The van der Waals surface area contributed by atoms with Gasteiger partial charge in [-0.1, -0.05) is 0 Å². The van der Waals surface area contributed by atoms with Crippen LogP contribution in [0.1, 0.15) is 19.7 Å². The number of carbonyl (C=O) groups excluding carboxylic acids is 1. The smallest absolute Gasteiger partial charge is 0.240 e. The minimum absolute atomic E-state index is 0.149. The fourth-order valence-corrected chi connectivity index (χ4v) is 2.08. The lowest BCUT2D eigenvalue weighted by Crippen LogP contribution is -2.48. The maximum absolute atomic E-state index is 11.6. The van der Waals surface area contributed by atoms with Gasteiger partial charge in [0, 0.05) is 19.6 Å². The van der Waals surface area contributed by atoms with Gasteiger partial charge in [0.05, 0.1) is 12.0 Å². The number of hydrogen-bond donors (Lipinski definition) is 2. The molecule has 0 saturated carbocycles. The topological polar surface area (TPSA) is 89.1 Å². The number of carbonyl (C=O) groups is 1. The van der Waals surface area contributed by atoms with E-state index in [2.05, 4.69) is 20.5 Å². The Morgan fingerprint density at radius 3 is 3.06 bits per heavy atom. The van der Waals surface area contributed by atoms with Crippen LogP contribution in [0.2, 0.25) is 0 Å². The van der Waals surface area contributed by atoms with Gasteiger partial charge in [-0.2, -0.15) is 0 Å². The molecule has 0 spiro atoms. The summed E-state index contributed by atoms with van der Waals surface area (Å²) in [6, 6.07) is 0. The third-order valence-electron chi connectivity index (χ3n) is 3.08. The summed E-state index contributed by atoms with van der Waals surface area (Å²) >= 11 is 0. The number of fused-ring (bicyclic) bond motifs is 1. The molecule has 3 N–H and O–H groups in total. The zero-order valence-electron chi connectivity index (χ0n) is 10.2. The van der Waals surface area contributed by atoms with Gasteiger partial charge < -0.3 is 4.57 Å². The van der Waals surface area contributed by atoms with E-state index in [-0.39, 0.29) is 5.91 Å². The molecular formula is C10H18N6O. The van der Waals surface area contributed by atoms with Crippen molar-refractivity contribution < 1.29 is 4.79 Å². The van der Waals surface area contributed by atoms with Crippen LogP contribution in [0.5, 0.6) is 0 Å². The largest absolute Gasteiger partial charge is 0.315 e. The molecule has 1 amide bonds. The van der Waals surface area contributed by atoms with Crippen LogP contribution >= 0.6 is 0 Å². The van der Waals surface area contributed by atoms with Crippen LogP contribution in [0, 0.1) is 5.41 Å². The van der Waals surface area contributed by atoms with Crippen LogP contribution in [0.25, 0.3) is 0 Å². The van der Waals surface area contributed by atoms with Gasteiger partial charge in [0.1, 0.15) is 12.2 Å². The van der Waals surface area contributed by atoms with Crippen LogP contribution in [-0.2, 0) is 17.9 Å². The molecule has 0 radical (unpaired) electrons. The van der Waals surface area contributed by atoms with Crippen molar-refractivity contribution in [3.8, 4) is 0 Å². The molecule has 0 aromatic carbocycles. The quantitative estimate of drug-likeness (QED) is 0.405. The first-order chi connectivity index (χ1) is 8.03. The van der Waals surface area contributed by atoms with Crippen molar-refractivity contribution in [2.75, 3.05) is 13.1 Å². The van der Waals surface area contributed by atoms with E-state index >= 15 is 0 Å². The molecule has 0 atom stereocenters. The van der Waals surface area contributed by atoms with Gasteiger partial charge in [-0.25, -0.2) is 5.84 Å². The Bertz CT molecular complexity index is 413. The molecule has 0 saturated heterocycles. The molecule has 0 fully saturated rings. The second-order valence-corrected chi connectivity index (χ2v) is 5.01. The first-order valence-electron chi connectivity index (χ1n) is 5.63. The van der Waals surface area contributed by atoms with Gasteiger partial charge in [-0.15, -0.1) is 10.2 Å². The van der Waals surface area contributed by atoms with Gasteiger partial charge in [0.15, 0.2) is 0 Å². The van der Waals surface area contributed by atoms with Crippen molar-refractivity contribution in [1.29, 1.82) is 0 Å². The highest BCUT2D eigenvalue weighted by Crippen LogP contribution is 2.20. The van der Waals surface area contributed by atoms with E-state index in [1.54, 1.807) is 6.33 Å². The average Bonchev–Trinajstić information content (AvgIpc) is 2.74. The Morgan fingerprint density at radius 1 is 1.59 bits per heavy atom. The summed E-state index contributed by atoms with van der Waals surface area (Å²) in [5.74, 6) is 5.97. The van der Waals surface area contributed by atoms with Gasteiger partial charge in [-0.3, -0.25) is 15.1 Å². The van der Waals surface area contributed by atoms with Crippen LogP contribution in [0.15, 0.2) is 6.33 Å². The Kier molecular flexibility index (Phi) is 3.12. The molecule has 2 rings (SSSR count). The molecule has 7 nitrogen and oxygen atoms in total. The summed E-state index contributed by atoms with van der Waals surface area (Å²) in [5, 5.41) is 7.92. The number of hydrogen-bond acceptors (Lipinski definition) is 5. The molecule has 7 heteroatoms. The lowest BCUT2D eigenvalue weighted by atomic mass is 9.91. The van der Waals surface area contributed by atoms with Gasteiger partial charge in [0.25, 0.3) is 0 Å². The molecule has 1 aromatic heterocycles. The van der Waals surface area contributed by atoms with Gasteiger partial charge in [0.2, 0.25) is 5.91 Å². The Hall–Kier alpha value is -1.47. The fraction of sp³-hybridized carbons (Fsp3) is 0.700. The van der Waals surface area contributed by atoms with E-state index in [0.29, 0.717) is 6.54 Å². The maximum atomic E-state index is 11.6. The predicted octanol–water partition coefficient (Wildman–Crippen LogP) is -0.890. The van der Waals surface area contributed by atoms with Crippen LogP contribution in [0.3, 0.4) is 0 Å². The normalized spacial score (nSPS) is 16.6. The maximum Gasteiger partial charge on any atom is 0.240 e. The summed E-state index contributed by atoms with van der Waals surface area (Å²) in [4.78, 5) is 13.8. The molecule has 94 valence electrons. The number of nitrogens with two attached hydrogens (primary N) is 1. The highest BCUT2D eigenvalue weighted by molar-refractivity contribution is 5.81. The zero-order chi connectivity index (χ0) is 12.5. The van der Waals surface area contributed by atoms with Crippen LogP contribution in [-0.4, -0.2) is 38.7 Å². The number of rotatable bonds is 3. The number of nitrogens with one attached hydrogen (secondary N) is 1. The molecule has 1 aliphatic rings.